The van der Waals surface area contributed by atoms with Gasteiger partial charge in [-0.05, 0) is 18.6 Å². The summed E-state index contributed by atoms with van der Waals surface area (Å²) in [5.41, 5.74) is 0.966. The van der Waals surface area contributed by atoms with E-state index < -0.39 is 5.97 Å². The summed E-state index contributed by atoms with van der Waals surface area (Å²) in [6.45, 7) is 2.03. The third-order valence-corrected chi connectivity index (χ3v) is 2.08. The highest BCUT2D eigenvalue weighted by Gasteiger charge is 2.17. The predicted molar refractivity (Wildman–Crippen MR) is 58.3 cm³/mol. The topological polar surface area (TPSA) is 59.3 Å². The van der Waals surface area contributed by atoms with Crippen LogP contribution in [0.15, 0.2) is 18.2 Å². The lowest BCUT2D eigenvalue weighted by molar-refractivity contribution is 0.0521. The number of nitrogens with zero attached hydrogens (tertiary/aromatic N) is 1. The molecule has 1 rings (SSSR count). The lowest BCUT2D eigenvalue weighted by atomic mass is 10.0. The minimum atomic E-state index is -0.454. The van der Waals surface area contributed by atoms with Gasteiger partial charge in [0.05, 0.1) is 26.2 Å². The Labute approximate surface area is 94.4 Å². The monoisotopic (exact) mass is 219 g/mol. The second kappa shape index (κ2) is 5.76. The second-order valence-electron chi connectivity index (χ2n) is 3.05. The molecule has 0 spiro atoms. The van der Waals surface area contributed by atoms with Gasteiger partial charge in [-0.15, -0.1) is 0 Å². The molecule has 16 heavy (non-hydrogen) atoms. The van der Waals surface area contributed by atoms with E-state index in [4.69, 9.17) is 14.7 Å². The zero-order chi connectivity index (χ0) is 12.0. The van der Waals surface area contributed by atoms with Crippen LogP contribution in [0.5, 0.6) is 5.75 Å². The lowest BCUT2D eigenvalue weighted by Gasteiger charge is -2.10. The highest BCUT2D eigenvalue weighted by molar-refractivity contribution is 5.94. The normalized spacial score (nSPS) is 9.31. The van der Waals surface area contributed by atoms with E-state index in [0.29, 0.717) is 23.5 Å². The Kier molecular flexibility index (Phi) is 4.34. The van der Waals surface area contributed by atoms with E-state index >= 15 is 0 Å². The van der Waals surface area contributed by atoms with E-state index in [2.05, 4.69) is 0 Å². The minimum Gasteiger partial charge on any atom is -0.496 e. The summed E-state index contributed by atoms with van der Waals surface area (Å²) < 4.78 is 10.0. The highest BCUT2D eigenvalue weighted by atomic mass is 16.5. The summed E-state index contributed by atoms with van der Waals surface area (Å²) in [5, 5.41) is 8.68. The van der Waals surface area contributed by atoms with Crippen LogP contribution >= 0.6 is 0 Å². The Bertz CT molecular complexity index is 421. The Morgan fingerprint density at radius 3 is 2.81 bits per heavy atom. The molecule has 1 aromatic carbocycles. The van der Waals surface area contributed by atoms with Gasteiger partial charge in [0.1, 0.15) is 11.3 Å². The Hall–Kier alpha value is -2.02. The number of hydrogen-bond donors (Lipinski definition) is 0. The molecule has 0 aliphatic carbocycles. The van der Waals surface area contributed by atoms with Crippen LogP contribution in [0.3, 0.4) is 0 Å². The second-order valence-corrected chi connectivity index (χ2v) is 3.05. The maximum Gasteiger partial charge on any atom is 0.342 e. The fourth-order valence-corrected chi connectivity index (χ4v) is 1.41. The number of methoxy groups -OCH3 is 1. The molecular weight excluding hydrogens is 206 g/mol. The van der Waals surface area contributed by atoms with Gasteiger partial charge >= 0.3 is 5.97 Å². The highest BCUT2D eigenvalue weighted by Crippen LogP contribution is 2.23. The molecule has 0 aliphatic rings. The molecule has 4 heteroatoms. The number of carbonyl (C=O) groups excluding carboxylic acids is 1. The zero-order valence-corrected chi connectivity index (χ0v) is 9.32. The minimum absolute atomic E-state index is 0.158. The van der Waals surface area contributed by atoms with Gasteiger partial charge in [0.2, 0.25) is 0 Å². The van der Waals surface area contributed by atoms with Crippen molar-refractivity contribution in [1.82, 2.24) is 0 Å². The van der Waals surface area contributed by atoms with E-state index in [0.717, 1.165) is 0 Å². The Morgan fingerprint density at radius 1 is 1.50 bits per heavy atom. The van der Waals surface area contributed by atoms with Gasteiger partial charge in [0.25, 0.3) is 0 Å². The molecule has 0 saturated heterocycles. The van der Waals surface area contributed by atoms with Crippen molar-refractivity contribution in [2.45, 2.75) is 13.3 Å². The van der Waals surface area contributed by atoms with Crippen molar-refractivity contribution in [1.29, 1.82) is 5.26 Å². The van der Waals surface area contributed by atoms with Crippen molar-refractivity contribution in [3.05, 3.63) is 29.3 Å². The summed E-state index contributed by atoms with van der Waals surface area (Å²) in [6, 6.07) is 7.15. The van der Waals surface area contributed by atoms with Gasteiger partial charge in [-0.1, -0.05) is 12.1 Å². The van der Waals surface area contributed by atoms with Crippen LogP contribution in [0.25, 0.3) is 0 Å². The van der Waals surface area contributed by atoms with Gasteiger partial charge in [0.15, 0.2) is 0 Å². The lowest BCUT2D eigenvalue weighted by Crippen LogP contribution is -2.10. The predicted octanol–water partition coefficient (Wildman–Crippen LogP) is 1.94. The van der Waals surface area contributed by atoms with Crippen molar-refractivity contribution in [3.8, 4) is 11.8 Å². The molecule has 0 bridgehead atoms. The number of carbonyl (C=O) groups is 1. The van der Waals surface area contributed by atoms with E-state index in [1.807, 2.05) is 6.07 Å². The maximum atomic E-state index is 11.7. The Morgan fingerprint density at radius 2 is 2.25 bits per heavy atom. The van der Waals surface area contributed by atoms with Crippen molar-refractivity contribution >= 4 is 5.97 Å². The van der Waals surface area contributed by atoms with Gasteiger partial charge in [-0.3, -0.25) is 0 Å². The number of nitriles is 1. The molecule has 1 aromatic rings. The first-order chi connectivity index (χ1) is 7.74. The smallest absolute Gasteiger partial charge is 0.342 e. The van der Waals surface area contributed by atoms with Gasteiger partial charge in [-0.2, -0.15) is 5.26 Å². The number of hydrogen-bond acceptors (Lipinski definition) is 4. The maximum absolute atomic E-state index is 11.7. The van der Waals surface area contributed by atoms with E-state index in [9.17, 15) is 4.79 Å². The summed E-state index contributed by atoms with van der Waals surface area (Å²) in [7, 11) is 1.48. The van der Waals surface area contributed by atoms with Crippen molar-refractivity contribution < 1.29 is 14.3 Å². The molecule has 0 heterocycles. The first-order valence-electron chi connectivity index (χ1n) is 4.94. The molecule has 0 fully saturated rings. The summed E-state index contributed by atoms with van der Waals surface area (Å²) in [4.78, 5) is 11.7. The van der Waals surface area contributed by atoms with E-state index in [1.54, 1.807) is 25.1 Å². The van der Waals surface area contributed by atoms with E-state index in [-0.39, 0.29) is 6.42 Å². The average molecular weight is 219 g/mol. The van der Waals surface area contributed by atoms with Crippen LogP contribution in [0, 0.1) is 11.3 Å². The molecule has 4 nitrogen and oxygen atoms in total. The molecule has 0 N–H and O–H groups in total. The van der Waals surface area contributed by atoms with Crippen LogP contribution in [0.4, 0.5) is 0 Å². The van der Waals surface area contributed by atoms with Crippen LogP contribution in [-0.2, 0) is 11.2 Å². The molecule has 0 atom stereocenters. The molecule has 0 saturated carbocycles. The van der Waals surface area contributed by atoms with Gasteiger partial charge in [0, 0.05) is 0 Å². The molecule has 0 radical (unpaired) electrons. The quantitative estimate of drug-likeness (QED) is 0.726. The van der Waals surface area contributed by atoms with Crippen LogP contribution in [-0.4, -0.2) is 19.7 Å². The third kappa shape index (κ3) is 2.51. The third-order valence-electron chi connectivity index (χ3n) is 2.08. The van der Waals surface area contributed by atoms with Crippen LogP contribution in [0.2, 0.25) is 0 Å². The SMILES string of the molecule is CCOC(=O)c1c(CC#N)cccc1OC. The van der Waals surface area contributed by atoms with E-state index in [1.165, 1.54) is 7.11 Å². The van der Waals surface area contributed by atoms with Gasteiger partial charge in [-0.25, -0.2) is 4.79 Å². The molecule has 0 aliphatic heterocycles. The number of ether oxygens (including phenoxy) is 2. The largest absolute Gasteiger partial charge is 0.496 e. The van der Waals surface area contributed by atoms with Crippen molar-refractivity contribution in [3.63, 3.8) is 0 Å². The average Bonchev–Trinajstić information content (AvgIpc) is 2.29. The number of benzene rings is 1. The summed E-state index contributed by atoms with van der Waals surface area (Å²) in [5.74, 6) is -0.0172. The molecule has 0 amide bonds. The summed E-state index contributed by atoms with van der Waals surface area (Å²) in [6.07, 6.45) is 0.158. The molecule has 84 valence electrons. The van der Waals surface area contributed by atoms with Crippen molar-refractivity contribution in [2.24, 2.45) is 0 Å². The number of rotatable bonds is 4. The fourth-order valence-electron chi connectivity index (χ4n) is 1.41. The molecule has 0 unspecified atom stereocenters. The number of esters is 1. The Balaban J connectivity index is 3.19. The van der Waals surface area contributed by atoms with Crippen LogP contribution in [0.1, 0.15) is 22.8 Å². The van der Waals surface area contributed by atoms with Crippen LogP contribution < -0.4 is 4.74 Å². The summed E-state index contributed by atoms with van der Waals surface area (Å²) >= 11 is 0. The molecular formula is C12H13NO3. The molecule has 0 aromatic heterocycles. The van der Waals surface area contributed by atoms with Gasteiger partial charge < -0.3 is 9.47 Å². The fraction of sp³-hybridized carbons (Fsp3) is 0.333. The van der Waals surface area contributed by atoms with Crippen molar-refractivity contribution in [2.75, 3.05) is 13.7 Å². The first-order valence-corrected chi connectivity index (χ1v) is 4.94. The standard InChI is InChI=1S/C12H13NO3/c1-3-16-12(14)11-9(7-8-13)5-4-6-10(11)15-2/h4-6H,3,7H2,1-2H3. The zero-order valence-electron chi connectivity index (χ0n) is 9.32. The first kappa shape index (κ1) is 12.1.